The maximum atomic E-state index is 10.4. The SMILES string of the molecule is CCNC(=NCC(O)c1ccc(C)cc1)NC1CCN(CCCOC)CC1. The summed E-state index contributed by atoms with van der Waals surface area (Å²) in [7, 11) is 1.76. The zero-order valence-electron chi connectivity index (χ0n) is 17.1. The lowest BCUT2D eigenvalue weighted by Gasteiger charge is -2.33. The molecule has 1 saturated heterocycles. The van der Waals surface area contributed by atoms with E-state index in [0.29, 0.717) is 12.6 Å². The first-order valence-corrected chi connectivity index (χ1v) is 10.1. The number of benzene rings is 1. The molecule has 6 nitrogen and oxygen atoms in total. The summed E-state index contributed by atoms with van der Waals surface area (Å²) in [5, 5.41) is 17.2. The predicted octanol–water partition coefficient (Wildman–Crippen LogP) is 2.08. The summed E-state index contributed by atoms with van der Waals surface area (Å²) in [6.45, 7) is 9.42. The summed E-state index contributed by atoms with van der Waals surface area (Å²) in [5.74, 6) is 0.793. The Balaban J connectivity index is 1.80. The Hall–Kier alpha value is -1.63. The standard InChI is InChI=1S/C21H36N4O2/c1-4-22-21(23-16-20(26)18-8-6-17(2)7-9-18)24-19-10-13-25(14-11-19)12-5-15-27-3/h6-9,19-20,26H,4-5,10-16H2,1-3H3,(H2,22,23,24). The van der Waals surface area contributed by atoms with E-state index in [4.69, 9.17) is 4.74 Å². The molecule has 2 rings (SSSR count). The van der Waals surface area contributed by atoms with E-state index < -0.39 is 6.10 Å². The molecule has 0 bridgehead atoms. The van der Waals surface area contributed by atoms with Gasteiger partial charge in [-0.1, -0.05) is 29.8 Å². The fourth-order valence-corrected chi connectivity index (χ4v) is 3.32. The first-order valence-electron chi connectivity index (χ1n) is 10.1. The van der Waals surface area contributed by atoms with Crippen LogP contribution in [0.3, 0.4) is 0 Å². The van der Waals surface area contributed by atoms with E-state index in [1.807, 2.05) is 31.2 Å². The van der Waals surface area contributed by atoms with Crippen LogP contribution in [0, 0.1) is 6.92 Å². The van der Waals surface area contributed by atoms with Crippen LogP contribution in [0.2, 0.25) is 0 Å². The number of likely N-dealkylation sites (tertiary alicyclic amines) is 1. The molecule has 1 unspecified atom stereocenters. The molecule has 3 N–H and O–H groups in total. The summed E-state index contributed by atoms with van der Waals surface area (Å²) in [6, 6.07) is 8.40. The maximum absolute atomic E-state index is 10.4. The Morgan fingerprint density at radius 1 is 1.30 bits per heavy atom. The van der Waals surface area contributed by atoms with Crippen molar-refractivity contribution < 1.29 is 9.84 Å². The molecular weight excluding hydrogens is 340 g/mol. The second kappa shape index (κ2) is 12.0. The number of aliphatic imine (C=N–C) groups is 1. The summed E-state index contributed by atoms with van der Waals surface area (Å²) < 4.78 is 5.13. The van der Waals surface area contributed by atoms with Gasteiger partial charge in [0.1, 0.15) is 0 Å². The van der Waals surface area contributed by atoms with Crippen LogP contribution in [0.25, 0.3) is 0 Å². The van der Waals surface area contributed by atoms with Gasteiger partial charge in [0, 0.05) is 45.9 Å². The quantitative estimate of drug-likeness (QED) is 0.350. The smallest absolute Gasteiger partial charge is 0.191 e. The lowest BCUT2D eigenvalue weighted by Crippen LogP contribution is -2.49. The molecule has 1 aliphatic rings. The monoisotopic (exact) mass is 376 g/mol. The molecule has 1 aromatic rings. The second-order valence-electron chi connectivity index (χ2n) is 7.25. The van der Waals surface area contributed by atoms with Crippen molar-refractivity contribution in [2.75, 3.05) is 46.4 Å². The van der Waals surface area contributed by atoms with Crippen LogP contribution < -0.4 is 10.6 Å². The van der Waals surface area contributed by atoms with Gasteiger partial charge in [0.2, 0.25) is 0 Å². The normalized spacial score (nSPS) is 17.7. The number of ether oxygens (including phenoxy) is 1. The molecule has 1 heterocycles. The van der Waals surface area contributed by atoms with Crippen molar-refractivity contribution >= 4 is 5.96 Å². The lowest BCUT2D eigenvalue weighted by molar-refractivity contribution is 0.155. The van der Waals surface area contributed by atoms with E-state index in [1.165, 1.54) is 5.56 Å². The molecule has 0 spiro atoms. The lowest BCUT2D eigenvalue weighted by atomic mass is 10.1. The number of aryl methyl sites for hydroxylation is 1. The van der Waals surface area contributed by atoms with Crippen molar-refractivity contribution in [3.8, 4) is 0 Å². The first-order chi connectivity index (χ1) is 13.1. The van der Waals surface area contributed by atoms with Crippen molar-refractivity contribution in [1.82, 2.24) is 15.5 Å². The third kappa shape index (κ3) is 7.87. The van der Waals surface area contributed by atoms with Gasteiger partial charge in [-0.25, -0.2) is 0 Å². The first kappa shape index (κ1) is 21.7. The van der Waals surface area contributed by atoms with Gasteiger partial charge >= 0.3 is 0 Å². The van der Waals surface area contributed by atoms with Crippen molar-refractivity contribution in [3.05, 3.63) is 35.4 Å². The Labute approximate surface area is 164 Å². The van der Waals surface area contributed by atoms with E-state index >= 15 is 0 Å². The molecule has 0 aromatic heterocycles. The minimum Gasteiger partial charge on any atom is -0.386 e. The van der Waals surface area contributed by atoms with Crippen LogP contribution >= 0.6 is 0 Å². The van der Waals surface area contributed by atoms with E-state index in [-0.39, 0.29) is 0 Å². The molecule has 0 amide bonds. The summed E-state index contributed by atoms with van der Waals surface area (Å²) >= 11 is 0. The molecule has 1 aromatic carbocycles. The van der Waals surface area contributed by atoms with Crippen LogP contribution in [-0.2, 0) is 4.74 Å². The number of methoxy groups -OCH3 is 1. The molecular formula is C21H36N4O2. The Morgan fingerprint density at radius 2 is 2.00 bits per heavy atom. The van der Waals surface area contributed by atoms with Gasteiger partial charge in [-0.05, 0) is 38.7 Å². The second-order valence-corrected chi connectivity index (χ2v) is 7.25. The number of nitrogens with zero attached hydrogens (tertiary/aromatic N) is 2. The van der Waals surface area contributed by atoms with Gasteiger partial charge < -0.3 is 25.4 Å². The molecule has 0 aliphatic carbocycles. The largest absolute Gasteiger partial charge is 0.386 e. The highest BCUT2D eigenvalue weighted by atomic mass is 16.5. The number of hydrogen-bond acceptors (Lipinski definition) is 4. The van der Waals surface area contributed by atoms with Gasteiger partial charge in [-0.2, -0.15) is 0 Å². The average molecular weight is 377 g/mol. The molecule has 6 heteroatoms. The van der Waals surface area contributed by atoms with Crippen LogP contribution in [0.15, 0.2) is 29.3 Å². The summed E-state index contributed by atoms with van der Waals surface area (Å²) in [5.41, 5.74) is 2.10. The van der Waals surface area contributed by atoms with Crippen LogP contribution in [0.5, 0.6) is 0 Å². The van der Waals surface area contributed by atoms with E-state index in [2.05, 4.69) is 27.4 Å². The minimum atomic E-state index is -0.580. The molecule has 152 valence electrons. The Kier molecular flexibility index (Phi) is 9.59. The Morgan fingerprint density at radius 3 is 2.63 bits per heavy atom. The van der Waals surface area contributed by atoms with Gasteiger partial charge in [-0.3, -0.25) is 4.99 Å². The van der Waals surface area contributed by atoms with Crippen molar-refractivity contribution in [2.24, 2.45) is 4.99 Å². The van der Waals surface area contributed by atoms with E-state index in [9.17, 15) is 5.11 Å². The predicted molar refractivity (Wildman–Crippen MR) is 111 cm³/mol. The highest BCUT2D eigenvalue weighted by Gasteiger charge is 2.19. The Bertz CT molecular complexity index is 554. The number of rotatable bonds is 9. The number of nitrogens with one attached hydrogen (secondary N) is 2. The highest BCUT2D eigenvalue weighted by Crippen LogP contribution is 2.14. The fraction of sp³-hybridized carbons (Fsp3) is 0.667. The van der Waals surface area contributed by atoms with Crippen molar-refractivity contribution in [3.63, 3.8) is 0 Å². The van der Waals surface area contributed by atoms with Crippen LogP contribution in [0.4, 0.5) is 0 Å². The van der Waals surface area contributed by atoms with Crippen LogP contribution in [0.1, 0.15) is 43.4 Å². The topological polar surface area (TPSA) is 69.1 Å². The number of piperidine rings is 1. The van der Waals surface area contributed by atoms with Gasteiger partial charge in [0.15, 0.2) is 5.96 Å². The van der Waals surface area contributed by atoms with Gasteiger partial charge in [0.05, 0.1) is 12.6 Å². The fourth-order valence-electron chi connectivity index (χ4n) is 3.32. The van der Waals surface area contributed by atoms with Gasteiger partial charge in [0.25, 0.3) is 0 Å². The van der Waals surface area contributed by atoms with E-state index in [0.717, 1.165) is 63.6 Å². The van der Waals surface area contributed by atoms with Gasteiger partial charge in [-0.15, -0.1) is 0 Å². The number of aliphatic hydroxyl groups excluding tert-OH is 1. The molecule has 1 atom stereocenters. The highest BCUT2D eigenvalue weighted by molar-refractivity contribution is 5.80. The average Bonchev–Trinajstić information content (AvgIpc) is 2.68. The summed E-state index contributed by atoms with van der Waals surface area (Å²) in [4.78, 5) is 7.10. The third-order valence-corrected chi connectivity index (χ3v) is 4.98. The summed E-state index contributed by atoms with van der Waals surface area (Å²) in [6.07, 6.45) is 2.73. The molecule has 1 fully saturated rings. The molecule has 0 saturated carbocycles. The maximum Gasteiger partial charge on any atom is 0.191 e. The molecule has 1 aliphatic heterocycles. The minimum absolute atomic E-state index is 0.355. The van der Waals surface area contributed by atoms with Crippen LogP contribution in [-0.4, -0.2) is 68.4 Å². The number of hydrogen-bond donors (Lipinski definition) is 3. The third-order valence-electron chi connectivity index (χ3n) is 4.98. The van der Waals surface area contributed by atoms with Crippen molar-refractivity contribution in [1.29, 1.82) is 0 Å². The van der Waals surface area contributed by atoms with E-state index in [1.54, 1.807) is 7.11 Å². The zero-order chi connectivity index (χ0) is 19.5. The van der Waals surface area contributed by atoms with Crippen molar-refractivity contribution in [2.45, 2.75) is 45.3 Å². The number of aliphatic hydroxyl groups is 1. The molecule has 27 heavy (non-hydrogen) atoms. The number of guanidine groups is 1. The molecule has 0 radical (unpaired) electrons. The zero-order valence-corrected chi connectivity index (χ0v) is 17.1.